The van der Waals surface area contributed by atoms with Gasteiger partial charge in [-0.1, -0.05) is 71.9 Å². The Kier molecular flexibility index (Phi) is 6.72. The first kappa shape index (κ1) is 21.5. The topological polar surface area (TPSA) is 72.2 Å². The van der Waals surface area contributed by atoms with Gasteiger partial charge in [0.25, 0.3) is 5.91 Å². The highest BCUT2D eigenvalue weighted by Gasteiger charge is 2.17. The lowest BCUT2D eigenvalue weighted by atomic mass is 10.2. The zero-order valence-corrected chi connectivity index (χ0v) is 18.1. The van der Waals surface area contributed by atoms with Crippen LogP contribution in [0.5, 0.6) is 0 Å². The van der Waals surface area contributed by atoms with Crippen LogP contribution in [0.3, 0.4) is 0 Å². The third-order valence-electron chi connectivity index (χ3n) is 4.56. The standard InChI is InChI=1S/C24H20FN5OS/c1-17-7-13-21(14-8-17)30-23(19-5-3-2-4-6-19)28-29-24(30)32-16-22(31)27-26-15-18-9-11-20(25)12-10-18/h2-15H,16H2,1H3,(H,27,31). The van der Waals surface area contributed by atoms with E-state index >= 15 is 0 Å². The minimum atomic E-state index is -0.324. The normalized spacial score (nSPS) is 11.1. The van der Waals surface area contributed by atoms with Crippen molar-refractivity contribution in [3.63, 3.8) is 0 Å². The van der Waals surface area contributed by atoms with Gasteiger partial charge in [-0.2, -0.15) is 5.10 Å². The quantitative estimate of drug-likeness (QED) is 0.256. The molecule has 1 amide bonds. The van der Waals surface area contributed by atoms with Gasteiger partial charge in [0, 0.05) is 11.3 Å². The molecule has 4 rings (SSSR count). The minimum absolute atomic E-state index is 0.111. The Hall–Kier alpha value is -3.78. The van der Waals surface area contributed by atoms with Crippen molar-refractivity contribution in [3.05, 3.63) is 95.8 Å². The molecule has 3 aromatic carbocycles. The fourth-order valence-corrected chi connectivity index (χ4v) is 3.70. The summed E-state index contributed by atoms with van der Waals surface area (Å²) >= 11 is 1.27. The number of rotatable bonds is 7. The highest BCUT2D eigenvalue weighted by molar-refractivity contribution is 7.99. The number of carbonyl (C=O) groups is 1. The maximum atomic E-state index is 13.0. The number of benzene rings is 3. The number of thioether (sulfide) groups is 1. The average Bonchev–Trinajstić information content (AvgIpc) is 3.24. The second kappa shape index (κ2) is 10.0. The average molecular weight is 446 g/mol. The monoisotopic (exact) mass is 445 g/mol. The van der Waals surface area contributed by atoms with Gasteiger partial charge in [-0.15, -0.1) is 10.2 Å². The molecule has 0 bridgehead atoms. The molecule has 1 heterocycles. The van der Waals surface area contributed by atoms with E-state index in [1.54, 1.807) is 12.1 Å². The van der Waals surface area contributed by atoms with E-state index in [4.69, 9.17) is 0 Å². The molecule has 0 spiro atoms. The maximum Gasteiger partial charge on any atom is 0.250 e. The van der Waals surface area contributed by atoms with E-state index < -0.39 is 0 Å². The number of hydrazone groups is 1. The van der Waals surface area contributed by atoms with Crippen LogP contribution in [-0.2, 0) is 4.79 Å². The van der Waals surface area contributed by atoms with Gasteiger partial charge >= 0.3 is 0 Å². The molecule has 1 N–H and O–H groups in total. The smallest absolute Gasteiger partial charge is 0.250 e. The predicted octanol–water partition coefficient (Wildman–Crippen LogP) is 4.62. The van der Waals surface area contributed by atoms with Gasteiger partial charge in [-0.05, 0) is 36.8 Å². The lowest BCUT2D eigenvalue weighted by Crippen LogP contribution is -2.20. The van der Waals surface area contributed by atoms with Crippen LogP contribution >= 0.6 is 11.8 Å². The van der Waals surface area contributed by atoms with Crippen molar-refractivity contribution in [1.29, 1.82) is 0 Å². The molecule has 32 heavy (non-hydrogen) atoms. The summed E-state index contributed by atoms with van der Waals surface area (Å²) in [7, 11) is 0. The largest absolute Gasteiger partial charge is 0.272 e. The summed E-state index contributed by atoms with van der Waals surface area (Å²) in [6.45, 7) is 2.03. The van der Waals surface area contributed by atoms with Gasteiger partial charge in [0.2, 0.25) is 0 Å². The Balaban J connectivity index is 1.49. The number of nitrogens with zero attached hydrogens (tertiary/aromatic N) is 4. The first-order valence-corrected chi connectivity index (χ1v) is 10.9. The minimum Gasteiger partial charge on any atom is -0.272 e. The van der Waals surface area contributed by atoms with Gasteiger partial charge in [-0.3, -0.25) is 9.36 Å². The molecular weight excluding hydrogens is 425 g/mol. The molecule has 8 heteroatoms. The first-order chi connectivity index (χ1) is 15.6. The zero-order valence-electron chi connectivity index (χ0n) is 17.3. The van der Waals surface area contributed by atoms with E-state index in [1.165, 1.54) is 30.1 Å². The summed E-state index contributed by atoms with van der Waals surface area (Å²) in [5.74, 6) is 0.203. The van der Waals surface area contributed by atoms with Crippen molar-refractivity contribution in [3.8, 4) is 17.1 Å². The van der Waals surface area contributed by atoms with Crippen molar-refractivity contribution >= 4 is 23.9 Å². The molecule has 0 radical (unpaired) electrons. The van der Waals surface area contributed by atoms with Crippen LogP contribution < -0.4 is 5.43 Å². The number of carbonyl (C=O) groups excluding carboxylic acids is 1. The molecule has 160 valence electrons. The molecule has 0 aliphatic carbocycles. The molecular formula is C24H20FN5OS. The molecule has 0 aliphatic rings. The SMILES string of the molecule is Cc1ccc(-n2c(SCC(=O)NN=Cc3ccc(F)cc3)nnc2-c2ccccc2)cc1. The lowest BCUT2D eigenvalue weighted by molar-refractivity contribution is -0.118. The Bertz CT molecular complexity index is 1220. The summed E-state index contributed by atoms with van der Waals surface area (Å²) in [6, 6.07) is 23.7. The van der Waals surface area contributed by atoms with Gasteiger partial charge in [0.1, 0.15) is 5.82 Å². The third-order valence-corrected chi connectivity index (χ3v) is 5.49. The van der Waals surface area contributed by atoms with E-state index in [0.717, 1.165) is 16.8 Å². The van der Waals surface area contributed by atoms with Crippen molar-refractivity contribution in [2.45, 2.75) is 12.1 Å². The summed E-state index contributed by atoms with van der Waals surface area (Å²) in [4.78, 5) is 12.3. The number of halogens is 1. The molecule has 0 unspecified atom stereocenters. The van der Waals surface area contributed by atoms with Crippen LogP contribution in [0.25, 0.3) is 17.1 Å². The fraction of sp³-hybridized carbons (Fsp3) is 0.0833. The van der Waals surface area contributed by atoms with Crippen molar-refractivity contribution in [2.75, 3.05) is 5.75 Å². The number of aromatic nitrogens is 3. The second-order valence-electron chi connectivity index (χ2n) is 6.98. The van der Waals surface area contributed by atoms with E-state index in [0.29, 0.717) is 16.5 Å². The second-order valence-corrected chi connectivity index (χ2v) is 7.92. The van der Waals surface area contributed by atoms with Gasteiger partial charge in [0.05, 0.1) is 12.0 Å². The summed E-state index contributed by atoms with van der Waals surface area (Å²) in [5, 5.41) is 13.2. The van der Waals surface area contributed by atoms with E-state index in [-0.39, 0.29) is 17.5 Å². The highest BCUT2D eigenvalue weighted by atomic mass is 32.2. The van der Waals surface area contributed by atoms with Gasteiger partial charge in [0.15, 0.2) is 11.0 Å². The number of nitrogens with one attached hydrogen (secondary N) is 1. The number of amides is 1. The van der Waals surface area contributed by atoms with Crippen molar-refractivity contribution in [1.82, 2.24) is 20.2 Å². The number of hydrogen-bond donors (Lipinski definition) is 1. The highest BCUT2D eigenvalue weighted by Crippen LogP contribution is 2.28. The number of aryl methyl sites for hydroxylation is 1. The molecule has 6 nitrogen and oxygen atoms in total. The van der Waals surface area contributed by atoms with Crippen molar-refractivity contribution < 1.29 is 9.18 Å². The Morgan fingerprint density at radius 2 is 1.75 bits per heavy atom. The fourth-order valence-electron chi connectivity index (χ4n) is 2.95. The van der Waals surface area contributed by atoms with E-state index in [1.807, 2.05) is 66.1 Å². The lowest BCUT2D eigenvalue weighted by Gasteiger charge is -2.10. The molecule has 0 fully saturated rings. The molecule has 4 aromatic rings. The molecule has 0 aliphatic heterocycles. The van der Waals surface area contributed by atoms with E-state index in [9.17, 15) is 9.18 Å². The van der Waals surface area contributed by atoms with Gasteiger partial charge in [-0.25, -0.2) is 9.82 Å². The molecule has 0 saturated carbocycles. The van der Waals surface area contributed by atoms with Crippen molar-refractivity contribution in [2.24, 2.45) is 5.10 Å². The Morgan fingerprint density at radius 3 is 2.47 bits per heavy atom. The molecule has 0 saturated heterocycles. The van der Waals surface area contributed by atoms with Gasteiger partial charge < -0.3 is 0 Å². The first-order valence-electron chi connectivity index (χ1n) is 9.88. The zero-order chi connectivity index (χ0) is 22.3. The Morgan fingerprint density at radius 1 is 1.03 bits per heavy atom. The van der Waals surface area contributed by atoms with Crippen LogP contribution in [0.2, 0.25) is 0 Å². The van der Waals surface area contributed by atoms with Crippen LogP contribution in [0.15, 0.2) is 89.1 Å². The maximum absolute atomic E-state index is 13.0. The molecule has 1 aromatic heterocycles. The van der Waals surface area contributed by atoms with E-state index in [2.05, 4.69) is 20.7 Å². The van der Waals surface area contributed by atoms with Crippen LogP contribution in [0.1, 0.15) is 11.1 Å². The third kappa shape index (κ3) is 5.28. The summed E-state index contributed by atoms with van der Waals surface area (Å²) in [6.07, 6.45) is 1.46. The summed E-state index contributed by atoms with van der Waals surface area (Å²) in [5.41, 5.74) is 6.16. The van der Waals surface area contributed by atoms with Crippen LogP contribution in [0.4, 0.5) is 4.39 Å². The Labute approximate surface area is 189 Å². The van der Waals surface area contributed by atoms with Crippen LogP contribution in [0, 0.1) is 12.7 Å². The van der Waals surface area contributed by atoms with Crippen LogP contribution in [-0.4, -0.2) is 32.6 Å². The number of hydrogen-bond acceptors (Lipinski definition) is 5. The predicted molar refractivity (Wildman–Crippen MR) is 124 cm³/mol. The molecule has 0 atom stereocenters. The summed E-state index contributed by atoms with van der Waals surface area (Å²) < 4.78 is 14.9.